The summed E-state index contributed by atoms with van der Waals surface area (Å²) < 4.78 is 13.1. The highest BCUT2D eigenvalue weighted by atomic mass is 79.9. The van der Waals surface area contributed by atoms with Crippen molar-refractivity contribution in [3.05, 3.63) is 28.7 Å². The molecule has 1 aliphatic rings. The molecule has 4 nitrogen and oxygen atoms in total. The van der Waals surface area contributed by atoms with E-state index in [4.69, 9.17) is 0 Å². The standard InChI is InChI=1S/C14H19BrN2O2S.ClH/c15-12-3-5-13(6-4-12)20(19)11-1-2-14(18)17-9-7-16-8-10-17;/h3-6,16H,1-2,7-11H2;1H. The van der Waals surface area contributed by atoms with Crippen LogP contribution in [0.2, 0.25) is 0 Å². The summed E-state index contributed by atoms with van der Waals surface area (Å²) in [5.41, 5.74) is 0. The van der Waals surface area contributed by atoms with Crippen LogP contribution >= 0.6 is 28.3 Å². The van der Waals surface area contributed by atoms with Gasteiger partial charge in [0.15, 0.2) is 0 Å². The monoisotopic (exact) mass is 394 g/mol. The molecule has 7 heteroatoms. The van der Waals surface area contributed by atoms with Crippen molar-refractivity contribution in [2.45, 2.75) is 17.7 Å². The van der Waals surface area contributed by atoms with Crippen LogP contribution in [0.4, 0.5) is 0 Å². The molecule has 1 atom stereocenters. The molecular formula is C14H20BrClN2O2S. The molecule has 1 heterocycles. The van der Waals surface area contributed by atoms with E-state index in [9.17, 15) is 9.00 Å². The average Bonchev–Trinajstić information content (AvgIpc) is 2.48. The van der Waals surface area contributed by atoms with E-state index in [-0.39, 0.29) is 18.3 Å². The molecule has 0 radical (unpaired) electrons. The van der Waals surface area contributed by atoms with Gasteiger partial charge in [0.1, 0.15) is 0 Å². The zero-order chi connectivity index (χ0) is 14.4. The molecule has 1 aromatic carbocycles. The van der Waals surface area contributed by atoms with Crippen LogP contribution in [0.3, 0.4) is 0 Å². The molecular weight excluding hydrogens is 376 g/mol. The number of benzene rings is 1. The van der Waals surface area contributed by atoms with Gasteiger partial charge in [0, 0.05) is 47.7 Å². The van der Waals surface area contributed by atoms with Gasteiger partial charge in [-0.05, 0) is 30.7 Å². The second-order valence-corrected chi connectivity index (χ2v) is 7.22. The van der Waals surface area contributed by atoms with Crippen molar-refractivity contribution < 1.29 is 9.00 Å². The number of piperazine rings is 1. The van der Waals surface area contributed by atoms with Crippen molar-refractivity contribution in [3.8, 4) is 0 Å². The molecule has 118 valence electrons. The summed E-state index contributed by atoms with van der Waals surface area (Å²) in [6.07, 6.45) is 1.16. The lowest BCUT2D eigenvalue weighted by Gasteiger charge is -2.27. The van der Waals surface area contributed by atoms with E-state index in [2.05, 4.69) is 21.2 Å². The first-order valence-electron chi connectivity index (χ1n) is 6.79. The zero-order valence-electron chi connectivity index (χ0n) is 11.7. The van der Waals surface area contributed by atoms with Crippen molar-refractivity contribution in [1.82, 2.24) is 10.2 Å². The molecule has 1 unspecified atom stereocenters. The van der Waals surface area contributed by atoms with Gasteiger partial charge >= 0.3 is 0 Å². The first kappa shape index (κ1) is 18.6. The maximum atomic E-state index is 12.1. The molecule has 1 amide bonds. The van der Waals surface area contributed by atoms with E-state index < -0.39 is 10.8 Å². The van der Waals surface area contributed by atoms with E-state index in [1.807, 2.05) is 29.2 Å². The van der Waals surface area contributed by atoms with Crippen LogP contribution in [-0.2, 0) is 15.6 Å². The van der Waals surface area contributed by atoms with Gasteiger partial charge in [0.2, 0.25) is 5.91 Å². The van der Waals surface area contributed by atoms with E-state index in [0.717, 1.165) is 35.5 Å². The molecule has 2 rings (SSSR count). The Balaban J connectivity index is 0.00000220. The zero-order valence-corrected chi connectivity index (χ0v) is 14.9. The van der Waals surface area contributed by atoms with Crippen LogP contribution in [-0.4, -0.2) is 46.9 Å². The number of hydrogen-bond acceptors (Lipinski definition) is 3. The van der Waals surface area contributed by atoms with Crippen molar-refractivity contribution in [2.24, 2.45) is 0 Å². The smallest absolute Gasteiger partial charge is 0.222 e. The maximum absolute atomic E-state index is 12.1. The summed E-state index contributed by atoms with van der Waals surface area (Å²) in [7, 11) is -1.02. The van der Waals surface area contributed by atoms with Gasteiger partial charge < -0.3 is 10.2 Å². The van der Waals surface area contributed by atoms with Crippen LogP contribution in [0.1, 0.15) is 12.8 Å². The second kappa shape index (κ2) is 9.56. The summed E-state index contributed by atoms with van der Waals surface area (Å²) in [6, 6.07) is 7.49. The Bertz CT molecular complexity index is 478. The Morgan fingerprint density at radius 3 is 2.48 bits per heavy atom. The fraction of sp³-hybridized carbons (Fsp3) is 0.500. The van der Waals surface area contributed by atoms with Crippen molar-refractivity contribution >= 4 is 45.0 Å². The highest BCUT2D eigenvalue weighted by molar-refractivity contribution is 9.10. The lowest BCUT2D eigenvalue weighted by Crippen LogP contribution is -2.46. The van der Waals surface area contributed by atoms with Crippen LogP contribution in [0.15, 0.2) is 33.6 Å². The largest absolute Gasteiger partial charge is 0.340 e. The molecule has 0 aliphatic carbocycles. The van der Waals surface area contributed by atoms with Gasteiger partial charge in [0.05, 0.1) is 10.8 Å². The first-order chi connectivity index (χ1) is 9.66. The van der Waals surface area contributed by atoms with Gasteiger partial charge in [-0.2, -0.15) is 0 Å². The predicted octanol–water partition coefficient (Wildman–Crippen LogP) is 2.19. The number of halogens is 2. The minimum absolute atomic E-state index is 0. The summed E-state index contributed by atoms with van der Waals surface area (Å²) in [4.78, 5) is 14.7. The third kappa shape index (κ3) is 6.06. The summed E-state index contributed by atoms with van der Waals surface area (Å²) in [5, 5.41) is 3.22. The van der Waals surface area contributed by atoms with Crippen molar-refractivity contribution in [3.63, 3.8) is 0 Å². The van der Waals surface area contributed by atoms with Crippen LogP contribution in [0.5, 0.6) is 0 Å². The summed E-state index contributed by atoms with van der Waals surface area (Å²) in [6.45, 7) is 3.32. The number of carbonyl (C=O) groups excluding carboxylic acids is 1. The van der Waals surface area contributed by atoms with Gasteiger partial charge in [-0.25, -0.2) is 0 Å². The molecule has 1 N–H and O–H groups in total. The van der Waals surface area contributed by atoms with Crippen LogP contribution in [0, 0.1) is 0 Å². The van der Waals surface area contributed by atoms with Gasteiger partial charge in [0.25, 0.3) is 0 Å². The summed E-state index contributed by atoms with van der Waals surface area (Å²) >= 11 is 3.36. The molecule has 21 heavy (non-hydrogen) atoms. The second-order valence-electron chi connectivity index (χ2n) is 4.74. The molecule has 0 saturated carbocycles. The van der Waals surface area contributed by atoms with Gasteiger partial charge in [-0.3, -0.25) is 9.00 Å². The summed E-state index contributed by atoms with van der Waals surface area (Å²) in [5.74, 6) is 0.721. The first-order valence-corrected chi connectivity index (χ1v) is 8.90. The number of amides is 1. The Labute approximate surface area is 142 Å². The SMILES string of the molecule is Cl.O=C(CCCS(=O)c1ccc(Br)cc1)N1CCNCC1. The lowest BCUT2D eigenvalue weighted by molar-refractivity contribution is -0.131. The molecule has 1 aromatic rings. The normalized spacial score (nSPS) is 16.1. The minimum Gasteiger partial charge on any atom is -0.340 e. The lowest BCUT2D eigenvalue weighted by atomic mass is 10.2. The molecule has 1 saturated heterocycles. The Hall–Kier alpha value is -0.430. The Morgan fingerprint density at radius 2 is 1.86 bits per heavy atom. The van der Waals surface area contributed by atoms with Crippen molar-refractivity contribution in [1.29, 1.82) is 0 Å². The van der Waals surface area contributed by atoms with E-state index in [0.29, 0.717) is 18.6 Å². The number of carbonyl (C=O) groups is 1. The van der Waals surface area contributed by atoms with Crippen LogP contribution < -0.4 is 5.32 Å². The number of rotatable bonds is 5. The van der Waals surface area contributed by atoms with E-state index >= 15 is 0 Å². The van der Waals surface area contributed by atoms with E-state index in [1.165, 1.54) is 0 Å². The molecule has 1 fully saturated rings. The minimum atomic E-state index is -1.02. The fourth-order valence-corrected chi connectivity index (χ4v) is 3.48. The number of nitrogens with one attached hydrogen (secondary N) is 1. The third-order valence-corrected chi connectivity index (χ3v) is 5.25. The van der Waals surface area contributed by atoms with E-state index in [1.54, 1.807) is 0 Å². The topological polar surface area (TPSA) is 49.4 Å². The Morgan fingerprint density at radius 1 is 1.24 bits per heavy atom. The molecule has 0 bridgehead atoms. The van der Waals surface area contributed by atoms with Crippen molar-refractivity contribution in [2.75, 3.05) is 31.9 Å². The third-order valence-electron chi connectivity index (χ3n) is 3.27. The van der Waals surface area contributed by atoms with Crippen LogP contribution in [0.25, 0.3) is 0 Å². The highest BCUT2D eigenvalue weighted by Crippen LogP contribution is 2.14. The quantitative estimate of drug-likeness (QED) is 0.831. The number of nitrogens with zero attached hydrogens (tertiary/aromatic N) is 1. The Kier molecular flexibility index (Phi) is 8.48. The molecule has 0 aromatic heterocycles. The van der Waals surface area contributed by atoms with Gasteiger partial charge in [-0.1, -0.05) is 15.9 Å². The molecule has 1 aliphatic heterocycles. The number of hydrogen-bond donors (Lipinski definition) is 1. The predicted molar refractivity (Wildman–Crippen MR) is 91.3 cm³/mol. The fourth-order valence-electron chi connectivity index (χ4n) is 2.13. The highest BCUT2D eigenvalue weighted by Gasteiger charge is 2.15. The maximum Gasteiger partial charge on any atom is 0.222 e. The molecule has 0 spiro atoms. The van der Waals surface area contributed by atoms with Gasteiger partial charge in [-0.15, -0.1) is 12.4 Å². The average molecular weight is 396 g/mol.